The van der Waals surface area contributed by atoms with Gasteiger partial charge in [-0.3, -0.25) is 4.79 Å². The summed E-state index contributed by atoms with van der Waals surface area (Å²) < 4.78 is 28.6. The van der Waals surface area contributed by atoms with Gasteiger partial charge in [0, 0.05) is 12.1 Å². The number of carbonyl (C=O) groups excluding carboxylic acids is 1. The highest BCUT2D eigenvalue weighted by atomic mass is 35.5. The van der Waals surface area contributed by atoms with Crippen LogP contribution in [0.5, 0.6) is 5.75 Å². The Morgan fingerprint density at radius 1 is 1.38 bits per heavy atom. The molecule has 0 aromatic heterocycles. The van der Waals surface area contributed by atoms with Crippen LogP contribution < -0.4 is 4.74 Å². The van der Waals surface area contributed by atoms with Crippen LogP contribution in [0.15, 0.2) is 24.3 Å². The molecule has 1 saturated heterocycles. The predicted octanol–water partition coefficient (Wildman–Crippen LogP) is 1.75. The fourth-order valence-corrected chi connectivity index (χ4v) is 4.64. The summed E-state index contributed by atoms with van der Waals surface area (Å²) in [6.07, 6.45) is 0.457. The van der Waals surface area contributed by atoms with Gasteiger partial charge in [0.1, 0.15) is 5.75 Å². The molecule has 7 heteroatoms. The van der Waals surface area contributed by atoms with Crippen molar-refractivity contribution >= 4 is 27.3 Å². The summed E-state index contributed by atoms with van der Waals surface area (Å²) in [7, 11) is -1.43. The smallest absolute Gasteiger partial charge is 0.260 e. The highest BCUT2D eigenvalue weighted by molar-refractivity contribution is 7.91. The zero-order chi connectivity index (χ0) is 15.7. The van der Waals surface area contributed by atoms with E-state index in [-0.39, 0.29) is 24.0 Å². The first-order valence-corrected chi connectivity index (χ1v) is 8.77. The van der Waals surface area contributed by atoms with Gasteiger partial charge in [0.2, 0.25) is 0 Å². The molecule has 0 unspecified atom stereocenters. The van der Waals surface area contributed by atoms with Crippen molar-refractivity contribution in [2.75, 3.05) is 25.2 Å². The van der Waals surface area contributed by atoms with Crippen LogP contribution in [0.4, 0.5) is 0 Å². The molecule has 0 saturated carbocycles. The molecule has 1 aliphatic rings. The molecular formula is C14H18ClNO4S. The molecular weight excluding hydrogens is 314 g/mol. The second-order valence-electron chi connectivity index (χ2n) is 5.53. The van der Waals surface area contributed by atoms with E-state index in [9.17, 15) is 13.2 Å². The maximum atomic E-state index is 12.2. The molecule has 1 aromatic carbocycles. The Labute approximate surface area is 129 Å². The fourth-order valence-electron chi connectivity index (χ4n) is 2.33. The average Bonchev–Trinajstić information content (AvgIpc) is 2.72. The van der Waals surface area contributed by atoms with Gasteiger partial charge in [0.05, 0.1) is 17.0 Å². The van der Waals surface area contributed by atoms with Gasteiger partial charge in [-0.2, -0.15) is 0 Å². The normalized spacial score (nSPS) is 23.8. The minimum atomic E-state index is -3.05. The fraction of sp³-hybridized carbons (Fsp3) is 0.500. The number of likely N-dealkylation sites (N-methyl/N-ethyl adjacent to an activating group) is 1. The first kappa shape index (κ1) is 16.1. The number of rotatable bonds is 4. The lowest BCUT2D eigenvalue weighted by Crippen LogP contribution is -2.49. The van der Waals surface area contributed by atoms with Crippen LogP contribution in [0, 0.1) is 0 Å². The third-order valence-electron chi connectivity index (χ3n) is 3.84. The van der Waals surface area contributed by atoms with E-state index < -0.39 is 15.4 Å². The predicted molar refractivity (Wildman–Crippen MR) is 81.4 cm³/mol. The van der Waals surface area contributed by atoms with Crippen molar-refractivity contribution in [1.29, 1.82) is 0 Å². The second-order valence-corrected chi connectivity index (χ2v) is 8.15. The largest absolute Gasteiger partial charge is 0.484 e. The van der Waals surface area contributed by atoms with Crippen LogP contribution >= 0.6 is 11.6 Å². The molecule has 2 rings (SSSR count). The Hall–Kier alpha value is -1.27. The Morgan fingerprint density at radius 3 is 2.52 bits per heavy atom. The molecule has 0 radical (unpaired) electrons. The van der Waals surface area contributed by atoms with Gasteiger partial charge in [-0.05, 0) is 37.6 Å². The summed E-state index contributed by atoms with van der Waals surface area (Å²) in [5.41, 5.74) is -0.653. The molecule has 1 atom stereocenters. The highest BCUT2D eigenvalue weighted by Crippen LogP contribution is 2.28. The molecule has 1 amide bonds. The zero-order valence-electron chi connectivity index (χ0n) is 12.0. The summed E-state index contributed by atoms with van der Waals surface area (Å²) >= 11 is 5.77. The maximum Gasteiger partial charge on any atom is 0.260 e. The average molecular weight is 332 g/mol. The van der Waals surface area contributed by atoms with Crippen LogP contribution in [0.3, 0.4) is 0 Å². The van der Waals surface area contributed by atoms with Gasteiger partial charge >= 0.3 is 0 Å². The summed E-state index contributed by atoms with van der Waals surface area (Å²) in [4.78, 5) is 13.6. The molecule has 1 aromatic rings. The van der Waals surface area contributed by atoms with E-state index in [1.165, 1.54) is 4.90 Å². The summed E-state index contributed by atoms with van der Waals surface area (Å²) in [6, 6.07) is 6.71. The molecule has 21 heavy (non-hydrogen) atoms. The lowest BCUT2D eigenvalue weighted by atomic mass is 10.00. The van der Waals surface area contributed by atoms with E-state index in [1.807, 2.05) is 0 Å². The van der Waals surface area contributed by atoms with E-state index in [4.69, 9.17) is 16.3 Å². The van der Waals surface area contributed by atoms with E-state index in [1.54, 1.807) is 38.2 Å². The van der Waals surface area contributed by atoms with Crippen molar-refractivity contribution in [3.8, 4) is 5.75 Å². The van der Waals surface area contributed by atoms with E-state index in [0.29, 0.717) is 17.2 Å². The van der Waals surface area contributed by atoms with Crippen molar-refractivity contribution in [3.05, 3.63) is 29.3 Å². The van der Waals surface area contributed by atoms with Crippen LogP contribution in [-0.2, 0) is 14.6 Å². The van der Waals surface area contributed by atoms with Gasteiger partial charge in [0.15, 0.2) is 16.4 Å². The molecule has 1 heterocycles. The number of halogens is 1. The van der Waals surface area contributed by atoms with Crippen molar-refractivity contribution in [3.63, 3.8) is 0 Å². The van der Waals surface area contributed by atoms with Crippen LogP contribution in [0.25, 0.3) is 0 Å². The molecule has 1 fully saturated rings. The Morgan fingerprint density at radius 2 is 2.00 bits per heavy atom. The first-order chi connectivity index (χ1) is 9.72. The monoisotopic (exact) mass is 331 g/mol. The number of sulfone groups is 1. The number of nitrogens with zero attached hydrogens (tertiary/aromatic N) is 1. The quantitative estimate of drug-likeness (QED) is 0.843. The number of hydrogen-bond acceptors (Lipinski definition) is 4. The molecule has 0 N–H and O–H groups in total. The summed E-state index contributed by atoms with van der Waals surface area (Å²) in [5.74, 6) is 0.428. The van der Waals surface area contributed by atoms with Crippen molar-refractivity contribution in [1.82, 2.24) is 4.90 Å². The lowest BCUT2D eigenvalue weighted by molar-refractivity contribution is -0.136. The van der Waals surface area contributed by atoms with Gasteiger partial charge in [0.25, 0.3) is 5.91 Å². The van der Waals surface area contributed by atoms with Crippen LogP contribution in [0.1, 0.15) is 13.3 Å². The van der Waals surface area contributed by atoms with E-state index in [0.717, 1.165) is 0 Å². The maximum absolute atomic E-state index is 12.2. The molecule has 1 aliphatic heterocycles. The molecule has 0 aliphatic carbocycles. The zero-order valence-corrected chi connectivity index (χ0v) is 13.6. The standard InChI is InChI=1S/C14H18ClNO4S/c1-14(7-8-21(18,19)10-14)16(2)13(17)9-20-12-5-3-11(15)4-6-12/h3-6H,7-10H2,1-2H3/t14-/m1/s1. The van der Waals surface area contributed by atoms with Crippen LogP contribution in [-0.4, -0.2) is 49.9 Å². The number of carbonyl (C=O) groups is 1. The van der Waals surface area contributed by atoms with Crippen molar-refractivity contribution < 1.29 is 17.9 Å². The third kappa shape index (κ3) is 3.89. The van der Waals surface area contributed by atoms with Gasteiger partial charge in [-0.15, -0.1) is 0 Å². The summed E-state index contributed by atoms with van der Waals surface area (Å²) in [5, 5.41) is 0.592. The third-order valence-corrected chi connectivity index (χ3v) is 5.98. The highest BCUT2D eigenvalue weighted by Gasteiger charge is 2.43. The topological polar surface area (TPSA) is 63.7 Å². The van der Waals surface area contributed by atoms with Gasteiger partial charge in [-0.1, -0.05) is 11.6 Å². The van der Waals surface area contributed by atoms with Gasteiger partial charge in [-0.25, -0.2) is 8.42 Å². The number of amides is 1. The lowest BCUT2D eigenvalue weighted by Gasteiger charge is -2.34. The number of ether oxygens (including phenoxy) is 1. The Bertz CT molecular complexity index is 629. The Kier molecular flexibility index (Phi) is 4.49. The molecule has 116 valence electrons. The SMILES string of the molecule is CN(C(=O)COc1ccc(Cl)cc1)[C@]1(C)CCS(=O)(=O)C1. The molecule has 0 bridgehead atoms. The number of benzene rings is 1. The number of hydrogen-bond donors (Lipinski definition) is 0. The Balaban J connectivity index is 1.95. The van der Waals surface area contributed by atoms with Gasteiger partial charge < -0.3 is 9.64 Å². The minimum Gasteiger partial charge on any atom is -0.484 e. The van der Waals surface area contributed by atoms with E-state index >= 15 is 0 Å². The van der Waals surface area contributed by atoms with Crippen molar-refractivity contribution in [2.24, 2.45) is 0 Å². The second kappa shape index (κ2) is 5.85. The van der Waals surface area contributed by atoms with E-state index in [2.05, 4.69) is 0 Å². The molecule has 0 spiro atoms. The van der Waals surface area contributed by atoms with Crippen LogP contribution in [0.2, 0.25) is 5.02 Å². The minimum absolute atomic E-state index is 0.00316. The van der Waals surface area contributed by atoms with Crippen molar-refractivity contribution in [2.45, 2.75) is 18.9 Å². The first-order valence-electron chi connectivity index (χ1n) is 6.57. The molecule has 5 nitrogen and oxygen atoms in total. The summed E-state index contributed by atoms with van der Waals surface area (Å²) in [6.45, 7) is 1.66.